The first-order valence-corrected chi connectivity index (χ1v) is 13.8. The SMILES string of the molecule is O=C(O)Cn1cc(CCCNC(CC(c2ccccc2)c2ccccc2)C(=O)c2ccccc2)c2ccccc21. The molecule has 1 unspecified atom stereocenters. The fourth-order valence-corrected chi connectivity index (χ4v) is 5.51. The standard InChI is InChI=1S/C35H34N2O3/c38-34(39)25-37-24-29(30-20-10-11-21-33(30)37)19-12-22-36-32(35(40)28-17-8-3-9-18-28)23-31(26-13-4-1-5-14-26)27-15-6-2-7-16-27/h1-11,13-18,20-21,24,31-32,36H,12,19,22-23,25H2,(H,38,39). The van der Waals surface area contributed by atoms with Gasteiger partial charge in [0.05, 0.1) is 6.04 Å². The number of Topliss-reactive ketones (excluding diaryl/α,β-unsaturated/α-hetero) is 1. The molecule has 1 atom stereocenters. The molecule has 0 spiro atoms. The van der Waals surface area contributed by atoms with Gasteiger partial charge in [0, 0.05) is 28.6 Å². The van der Waals surface area contributed by atoms with E-state index < -0.39 is 5.97 Å². The molecule has 1 heterocycles. The summed E-state index contributed by atoms with van der Waals surface area (Å²) in [6.45, 7) is 0.602. The Morgan fingerprint density at radius 2 is 1.32 bits per heavy atom. The fourth-order valence-electron chi connectivity index (χ4n) is 5.51. The highest BCUT2D eigenvalue weighted by atomic mass is 16.4. The van der Waals surface area contributed by atoms with Crippen molar-refractivity contribution in [3.05, 3.63) is 144 Å². The Morgan fingerprint density at radius 3 is 1.95 bits per heavy atom. The topological polar surface area (TPSA) is 71.3 Å². The van der Waals surface area contributed by atoms with Crippen molar-refractivity contribution in [2.75, 3.05) is 6.54 Å². The van der Waals surface area contributed by atoms with Crippen molar-refractivity contribution in [3.63, 3.8) is 0 Å². The van der Waals surface area contributed by atoms with E-state index in [-0.39, 0.29) is 24.3 Å². The third-order valence-corrected chi connectivity index (χ3v) is 7.44. The largest absolute Gasteiger partial charge is 0.480 e. The summed E-state index contributed by atoms with van der Waals surface area (Å²) in [6, 6.07) is 37.8. The van der Waals surface area contributed by atoms with E-state index in [1.807, 2.05) is 97.2 Å². The number of nitrogens with zero attached hydrogens (tertiary/aromatic N) is 1. The summed E-state index contributed by atoms with van der Waals surface area (Å²) in [4.78, 5) is 25.1. The number of hydrogen-bond acceptors (Lipinski definition) is 3. The molecule has 202 valence electrons. The summed E-state index contributed by atoms with van der Waals surface area (Å²) in [7, 11) is 0. The number of carbonyl (C=O) groups excluding carboxylic acids is 1. The molecule has 5 nitrogen and oxygen atoms in total. The van der Waals surface area contributed by atoms with E-state index in [1.54, 1.807) is 4.57 Å². The fraction of sp³-hybridized carbons (Fsp3) is 0.200. The lowest BCUT2D eigenvalue weighted by molar-refractivity contribution is -0.137. The molecule has 4 aromatic carbocycles. The van der Waals surface area contributed by atoms with Crippen LogP contribution in [0.1, 0.15) is 45.8 Å². The number of benzene rings is 4. The van der Waals surface area contributed by atoms with Crippen LogP contribution in [0.3, 0.4) is 0 Å². The van der Waals surface area contributed by atoms with Crippen LogP contribution >= 0.6 is 0 Å². The average Bonchev–Trinajstić information content (AvgIpc) is 3.34. The van der Waals surface area contributed by atoms with Crippen LogP contribution < -0.4 is 5.32 Å². The first kappa shape index (κ1) is 27.1. The van der Waals surface area contributed by atoms with E-state index in [4.69, 9.17) is 0 Å². The third-order valence-electron chi connectivity index (χ3n) is 7.44. The zero-order valence-electron chi connectivity index (χ0n) is 22.4. The number of rotatable bonds is 13. The number of nitrogens with one attached hydrogen (secondary N) is 1. The predicted octanol–water partition coefficient (Wildman–Crippen LogP) is 6.72. The Morgan fingerprint density at radius 1 is 0.750 bits per heavy atom. The Kier molecular flexibility index (Phi) is 8.84. The second-order valence-corrected chi connectivity index (χ2v) is 10.1. The van der Waals surface area contributed by atoms with Gasteiger partial charge in [-0.2, -0.15) is 0 Å². The maximum Gasteiger partial charge on any atom is 0.323 e. The smallest absolute Gasteiger partial charge is 0.323 e. The number of aliphatic carboxylic acids is 1. The van der Waals surface area contributed by atoms with Gasteiger partial charge in [0.15, 0.2) is 5.78 Å². The van der Waals surface area contributed by atoms with Crippen molar-refractivity contribution in [1.82, 2.24) is 9.88 Å². The summed E-state index contributed by atoms with van der Waals surface area (Å²) in [5.74, 6) is -0.695. The van der Waals surface area contributed by atoms with Gasteiger partial charge in [-0.15, -0.1) is 0 Å². The predicted molar refractivity (Wildman–Crippen MR) is 160 cm³/mol. The summed E-state index contributed by atoms with van der Waals surface area (Å²) in [6.07, 6.45) is 4.19. The number of ketones is 1. The van der Waals surface area contributed by atoms with E-state index in [0.29, 0.717) is 18.5 Å². The maximum atomic E-state index is 13.8. The molecule has 40 heavy (non-hydrogen) atoms. The van der Waals surface area contributed by atoms with Gasteiger partial charge in [0.1, 0.15) is 6.54 Å². The highest BCUT2D eigenvalue weighted by Gasteiger charge is 2.25. The Hall–Kier alpha value is -4.48. The number of fused-ring (bicyclic) bond motifs is 1. The van der Waals surface area contributed by atoms with E-state index >= 15 is 0 Å². The van der Waals surface area contributed by atoms with Crippen LogP contribution in [0.15, 0.2) is 121 Å². The van der Waals surface area contributed by atoms with Gasteiger partial charge < -0.3 is 15.0 Å². The van der Waals surface area contributed by atoms with Gasteiger partial charge in [-0.1, -0.05) is 109 Å². The van der Waals surface area contributed by atoms with Crippen LogP contribution in [0.4, 0.5) is 0 Å². The lowest BCUT2D eigenvalue weighted by Gasteiger charge is -2.25. The third kappa shape index (κ3) is 6.56. The van der Waals surface area contributed by atoms with Crippen molar-refractivity contribution >= 4 is 22.7 Å². The monoisotopic (exact) mass is 530 g/mol. The molecule has 5 aromatic rings. The second-order valence-electron chi connectivity index (χ2n) is 10.1. The number of carbonyl (C=O) groups is 2. The van der Waals surface area contributed by atoms with Crippen molar-refractivity contribution in [2.45, 2.75) is 37.8 Å². The molecular formula is C35H34N2O3. The number of hydrogen-bond donors (Lipinski definition) is 2. The molecule has 0 radical (unpaired) electrons. The molecule has 0 bridgehead atoms. The van der Waals surface area contributed by atoms with Crippen LogP contribution in [-0.2, 0) is 17.8 Å². The zero-order valence-corrected chi connectivity index (χ0v) is 22.4. The van der Waals surface area contributed by atoms with Crippen LogP contribution in [0, 0.1) is 0 Å². The Bertz CT molecular complexity index is 1510. The van der Waals surface area contributed by atoms with E-state index in [0.717, 1.165) is 29.3 Å². The molecular weight excluding hydrogens is 496 g/mol. The molecule has 0 aliphatic rings. The molecule has 0 saturated carbocycles. The van der Waals surface area contributed by atoms with Gasteiger partial charge in [-0.3, -0.25) is 9.59 Å². The molecule has 0 aliphatic carbocycles. The lowest BCUT2D eigenvalue weighted by Crippen LogP contribution is -2.39. The molecule has 0 fully saturated rings. The summed E-state index contributed by atoms with van der Waals surface area (Å²) in [5, 5.41) is 14.0. The lowest BCUT2D eigenvalue weighted by atomic mass is 9.84. The molecule has 5 heteroatoms. The van der Waals surface area contributed by atoms with Crippen LogP contribution in [0.5, 0.6) is 0 Å². The zero-order chi connectivity index (χ0) is 27.7. The Labute approximate surface area is 235 Å². The molecule has 0 aliphatic heterocycles. The van der Waals surface area contributed by atoms with E-state index in [1.165, 1.54) is 11.1 Å². The van der Waals surface area contributed by atoms with Crippen molar-refractivity contribution in [1.29, 1.82) is 0 Å². The number of carboxylic acids is 1. The quantitative estimate of drug-likeness (QED) is 0.131. The highest BCUT2D eigenvalue weighted by molar-refractivity contribution is 6.00. The number of aryl methyl sites for hydroxylation is 1. The first-order chi connectivity index (χ1) is 19.6. The van der Waals surface area contributed by atoms with Crippen LogP contribution in [-0.4, -0.2) is 34.0 Å². The number of para-hydroxylation sites is 1. The molecule has 0 saturated heterocycles. The highest BCUT2D eigenvalue weighted by Crippen LogP contribution is 2.30. The van der Waals surface area contributed by atoms with Crippen molar-refractivity contribution in [3.8, 4) is 0 Å². The van der Waals surface area contributed by atoms with Crippen LogP contribution in [0.25, 0.3) is 10.9 Å². The van der Waals surface area contributed by atoms with E-state index in [2.05, 4.69) is 29.6 Å². The second kappa shape index (κ2) is 13.0. The van der Waals surface area contributed by atoms with Gasteiger partial charge in [0.2, 0.25) is 0 Å². The minimum Gasteiger partial charge on any atom is -0.480 e. The van der Waals surface area contributed by atoms with Crippen molar-refractivity contribution in [2.24, 2.45) is 0 Å². The molecule has 1 aromatic heterocycles. The normalized spacial score (nSPS) is 12.0. The minimum atomic E-state index is -0.859. The van der Waals surface area contributed by atoms with Gasteiger partial charge in [-0.25, -0.2) is 0 Å². The summed E-state index contributed by atoms with van der Waals surface area (Å²) < 4.78 is 1.80. The summed E-state index contributed by atoms with van der Waals surface area (Å²) in [5.41, 5.74) is 5.13. The van der Waals surface area contributed by atoms with Gasteiger partial charge in [-0.05, 0) is 48.6 Å². The maximum absolute atomic E-state index is 13.8. The van der Waals surface area contributed by atoms with Gasteiger partial charge in [0.25, 0.3) is 0 Å². The molecule has 2 N–H and O–H groups in total. The number of carboxylic acid groups (broad SMARTS) is 1. The van der Waals surface area contributed by atoms with Gasteiger partial charge >= 0.3 is 5.97 Å². The van der Waals surface area contributed by atoms with Crippen LogP contribution in [0.2, 0.25) is 0 Å². The Balaban J connectivity index is 1.34. The van der Waals surface area contributed by atoms with Crippen molar-refractivity contribution < 1.29 is 14.7 Å². The van der Waals surface area contributed by atoms with E-state index in [9.17, 15) is 14.7 Å². The first-order valence-electron chi connectivity index (χ1n) is 13.8. The number of aromatic nitrogens is 1. The average molecular weight is 531 g/mol. The molecule has 0 amide bonds. The minimum absolute atomic E-state index is 0.0627. The molecule has 5 rings (SSSR count). The summed E-state index contributed by atoms with van der Waals surface area (Å²) >= 11 is 0.